The van der Waals surface area contributed by atoms with Crippen molar-refractivity contribution >= 4 is 35.8 Å². The van der Waals surface area contributed by atoms with E-state index in [2.05, 4.69) is 55.5 Å². The molecule has 1 aliphatic rings. The van der Waals surface area contributed by atoms with Gasteiger partial charge in [0.15, 0.2) is 5.96 Å². The van der Waals surface area contributed by atoms with Gasteiger partial charge in [-0.1, -0.05) is 37.3 Å². The third-order valence-electron chi connectivity index (χ3n) is 5.33. The monoisotopic (exact) mass is 524 g/mol. The Bertz CT molecular complexity index is 807. The van der Waals surface area contributed by atoms with Crippen LogP contribution in [-0.2, 0) is 24.3 Å². The molecule has 2 heterocycles. The smallest absolute Gasteiger partial charge is 0.222 e. The van der Waals surface area contributed by atoms with Crippen LogP contribution in [0.3, 0.4) is 0 Å². The van der Waals surface area contributed by atoms with Gasteiger partial charge in [0.05, 0.1) is 6.54 Å². The summed E-state index contributed by atoms with van der Waals surface area (Å²) >= 11 is 0. The largest absolute Gasteiger partial charge is 0.352 e. The lowest BCUT2D eigenvalue weighted by atomic mass is 10.1. The minimum absolute atomic E-state index is 0. The number of aromatic nitrogens is 2. The number of rotatable bonds is 8. The number of nitrogens with zero attached hydrogens (tertiary/aromatic N) is 4. The predicted molar refractivity (Wildman–Crippen MR) is 131 cm³/mol. The Morgan fingerprint density at radius 1 is 1.30 bits per heavy atom. The molecular weight excluding hydrogens is 491 g/mol. The Kier molecular flexibility index (Phi) is 10.1. The number of hydrogen-bond acceptors (Lipinski definition) is 3. The summed E-state index contributed by atoms with van der Waals surface area (Å²) in [4.78, 5) is 22.6. The lowest BCUT2D eigenvalue weighted by Crippen LogP contribution is -2.45. The molecule has 30 heavy (non-hydrogen) atoms. The van der Waals surface area contributed by atoms with Crippen LogP contribution in [0, 0.1) is 0 Å². The second kappa shape index (κ2) is 12.6. The number of carbonyl (C=O) groups is 1. The highest BCUT2D eigenvalue weighted by Crippen LogP contribution is 2.10. The van der Waals surface area contributed by atoms with Crippen molar-refractivity contribution in [2.24, 2.45) is 4.99 Å². The van der Waals surface area contributed by atoms with Crippen LogP contribution in [0.4, 0.5) is 0 Å². The van der Waals surface area contributed by atoms with E-state index in [0.29, 0.717) is 13.0 Å². The number of guanidine groups is 1. The quantitative estimate of drug-likeness (QED) is 0.317. The highest BCUT2D eigenvalue weighted by Gasteiger charge is 2.25. The molecule has 1 aliphatic heterocycles. The van der Waals surface area contributed by atoms with E-state index >= 15 is 0 Å². The van der Waals surface area contributed by atoms with E-state index in [1.807, 2.05) is 24.2 Å². The van der Waals surface area contributed by atoms with E-state index in [1.54, 1.807) is 7.05 Å². The van der Waals surface area contributed by atoms with Gasteiger partial charge in [-0.05, 0) is 24.8 Å². The Morgan fingerprint density at radius 3 is 2.83 bits per heavy atom. The third-order valence-corrected chi connectivity index (χ3v) is 5.33. The molecule has 7 nitrogen and oxygen atoms in total. The van der Waals surface area contributed by atoms with Crippen molar-refractivity contribution in [1.29, 1.82) is 0 Å². The van der Waals surface area contributed by atoms with E-state index < -0.39 is 0 Å². The summed E-state index contributed by atoms with van der Waals surface area (Å²) < 4.78 is 2.19. The predicted octanol–water partition coefficient (Wildman–Crippen LogP) is 2.81. The summed E-state index contributed by atoms with van der Waals surface area (Å²) in [7, 11) is 1.77. The molecule has 1 aromatic carbocycles. The zero-order valence-corrected chi connectivity index (χ0v) is 20.2. The number of nitrogens with one attached hydrogen (secondary N) is 2. The van der Waals surface area contributed by atoms with Gasteiger partial charge in [0.2, 0.25) is 5.91 Å². The van der Waals surface area contributed by atoms with E-state index in [1.165, 1.54) is 5.56 Å². The number of likely N-dealkylation sites (tertiary alicyclic amines) is 1. The van der Waals surface area contributed by atoms with Crippen molar-refractivity contribution in [2.75, 3.05) is 20.1 Å². The number of halogens is 1. The maximum atomic E-state index is 11.9. The molecule has 1 aromatic heterocycles. The van der Waals surface area contributed by atoms with Gasteiger partial charge in [-0.2, -0.15) is 0 Å². The normalized spacial score (nSPS) is 16.3. The lowest BCUT2D eigenvalue weighted by Gasteiger charge is -2.19. The maximum Gasteiger partial charge on any atom is 0.222 e. The van der Waals surface area contributed by atoms with Crippen LogP contribution in [0.25, 0.3) is 0 Å². The fourth-order valence-electron chi connectivity index (χ4n) is 3.69. The van der Waals surface area contributed by atoms with Gasteiger partial charge in [-0.15, -0.1) is 24.0 Å². The Balaban J connectivity index is 0.00000320. The van der Waals surface area contributed by atoms with Gasteiger partial charge in [0.1, 0.15) is 5.82 Å². The molecule has 3 rings (SSSR count). The van der Waals surface area contributed by atoms with E-state index in [4.69, 9.17) is 0 Å². The van der Waals surface area contributed by atoms with Gasteiger partial charge in [-0.3, -0.25) is 9.79 Å². The van der Waals surface area contributed by atoms with Crippen molar-refractivity contribution in [1.82, 2.24) is 25.1 Å². The first kappa shape index (κ1) is 24.2. The fourth-order valence-corrected chi connectivity index (χ4v) is 3.69. The maximum absolute atomic E-state index is 11.9. The number of imidazole rings is 1. The third kappa shape index (κ3) is 7.00. The average molecular weight is 524 g/mol. The Hall–Kier alpha value is -2.10. The molecular formula is C22H33IN6O. The average Bonchev–Trinajstić information content (AvgIpc) is 3.41. The van der Waals surface area contributed by atoms with Crippen LogP contribution in [-0.4, -0.2) is 52.5 Å². The molecule has 0 spiro atoms. The van der Waals surface area contributed by atoms with Gasteiger partial charge in [0, 0.05) is 51.5 Å². The van der Waals surface area contributed by atoms with Crippen LogP contribution in [0.5, 0.6) is 0 Å². The van der Waals surface area contributed by atoms with Crippen LogP contribution >= 0.6 is 24.0 Å². The first-order chi connectivity index (χ1) is 14.2. The topological polar surface area (TPSA) is 74.6 Å². The Labute approximate surface area is 196 Å². The number of amides is 1. The molecule has 0 radical (unpaired) electrons. The number of carbonyl (C=O) groups excluding carboxylic acids is 1. The molecule has 1 atom stereocenters. The first-order valence-electron chi connectivity index (χ1n) is 10.5. The number of benzene rings is 1. The van der Waals surface area contributed by atoms with E-state index in [9.17, 15) is 4.79 Å². The van der Waals surface area contributed by atoms with Crippen molar-refractivity contribution in [3.8, 4) is 0 Å². The Morgan fingerprint density at radius 2 is 2.10 bits per heavy atom. The van der Waals surface area contributed by atoms with Crippen LogP contribution in [0.1, 0.15) is 37.6 Å². The van der Waals surface area contributed by atoms with E-state index in [-0.39, 0.29) is 35.9 Å². The molecule has 1 unspecified atom stereocenters. The molecule has 164 valence electrons. The van der Waals surface area contributed by atoms with Gasteiger partial charge in [-0.25, -0.2) is 4.98 Å². The van der Waals surface area contributed by atoms with E-state index in [0.717, 1.165) is 50.7 Å². The molecule has 0 aliphatic carbocycles. The summed E-state index contributed by atoms with van der Waals surface area (Å²) in [6.07, 6.45) is 7.52. The lowest BCUT2D eigenvalue weighted by molar-refractivity contribution is -0.129. The molecule has 1 fully saturated rings. The number of aryl methyl sites for hydroxylation is 2. The molecule has 1 saturated heterocycles. The van der Waals surface area contributed by atoms with Gasteiger partial charge < -0.3 is 20.1 Å². The number of hydrogen-bond donors (Lipinski definition) is 2. The molecule has 2 aromatic rings. The molecule has 8 heteroatoms. The van der Waals surface area contributed by atoms with Crippen molar-refractivity contribution < 1.29 is 4.79 Å². The zero-order chi connectivity index (χ0) is 20.5. The minimum Gasteiger partial charge on any atom is -0.352 e. The van der Waals surface area contributed by atoms with Crippen molar-refractivity contribution in [2.45, 2.75) is 51.7 Å². The summed E-state index contributed by atoms with van der Waals surface area (Å²) in [5.74, 6) is 1.96. The van der Waals surface area contributed by atoms with Crippen molar-refractivity contribution in [3.05, 3.63) is 54.1 Å². The molecule has 0 saturated carbocycles. The van der Waals surface area contributed by atoms with Crippen molar-refractivity contribution in [3.63, 3.8) is 0 Å². The summed E-state index contributed by atoms with van der Waals surface area (Å²) in [6.45, 7) is 5.01. The molecule has 0 bridgehead atoms. The van der Waals surface area contributed by atoms with Crippen LogP contribution < -0.4 is 10.6 Å². The highest BCUT2D eigenvalue weighted by molar-refractivity contribution is 14.0. The molecule has 1 amide bonds. The first-order valence-corrected chi connectivity index (χ1v) is 10.5. The minimum atomic E-state index is 0. The highest BCUT2D eigenvalue weighted by atomic mass is 127. The second-order valence-electron chi connectivity index (χ2n) is 7.38. The summed E-state index contributed by atoms with van der Waals surface area (Å²) in [5, 5.41) is 6.79. The standard InChI is InChI=1S/C22H32N6O.HI/c1-3-21(29)28-14-11-19(17-28)26-22(23-2)25-16-20-24-12-15-27(20)13-7-10-18-8-5-4-6-9-18;/h4-6,8-9,12,15,19H,3,7,10-11,13-14,16-17H2,1-2H3,(H2,23,25,26);1H. The summed E-state index contributed by atoms with van der Waals surface area (Å²) in [6, 6.07) is 10.8. The second-order valence-corrected chi connectivity index (χ2v) is 7.38. The van der Waals surface area contributed by atoms with Crippen LogP contribution in [0.2, 0.25) is 0 Å². The number of aliphatic imine (C=N–C) groups is 1. The summed E-state index contributed by atoms with van der Waals surface area (Å²) in [5.41, 5.74) is 1.36. The van der Waals surface area contributed by atoms with Crippen LogP contribution in [0.15, 0.2) is 47.7 Å². The molecule has 2 N–H and O–H groups in total. The van der Waals surface area contributed by atoms with Gasteiger partial charge >= 0.3 is 0 Å². The van der Waals surface area contributed by atoms with Gasteiger partial charge in [0.25, 0.3) is 0 Å². The zero-order valence-electron chi connectivity index (χ0n) is 17.9. The SMILES string of the molecule is CCC(=O)N1CCC(NC(=NC)NCc2nccn2CCCc2ccccc2)C1.I. The fraction of sp³-hybridized carbons (Fsp3) is 0.500.